The minimum Gasteiger partial charge on any atom is -0.466 e. The second-order valence-electron chi connectivity index (χ2n) is 5.43. The maximum absolute atomic E-state index is 11.9. The van der Waals surface area contributed by atoms with Crippen molar-refractivity contribution in [2.45, 2.75) is 26.4 Å². The summed E-state index contributed by atoms with van der Waals surface area (Å²) in [6.07, 6.45) is 4.01. The molecule has 0 aliphatic heterocycles. The predicted octanol–water partition coefficient (Wildman–Crippen LogP) is 3.94. The molecule has 0 saturated heterocycles. The zero-order valence-corrected chi connectivity index (χ0v) is 14.3. The van der Waals surface area contributed by atoms with E-state index in [0.717, 1.165) is 16.7 Å². The number of esters is 2. The fourth-order valence-corrected chi connectivity index (χ4v) is 2.33. The molecule has 4 heteroatoms. The van der Waals surface area contributed by atoms with Crippen LogP contribution in [0.4, 0.5) is 0 Å². The Hall–Kier alpha value is -2.88. The summed E-state index contributed by atoms with van der Waals surface area (Å²) in [4.78, 5) is 23.4. The van der Waals surface area contributed by atoms with Crippen LogP contribution in [-0.4, -0.2) is 18.5 Å². The van der Waals surface area contributed by atoms with Gasteiger partial charge in [0.2, 0.25) is 0 Å². The highest BCUT2D eigenvalue weighted by Crippen LogP contribution is 2.14. The summed E-state index contributed by atoms with van der Waals surface area (Å²) in [5, 5.41) is 0. The SMILES string of the molecule is CCOC(=O)CCc1ccccc1/C=C/C(=O)OCc1ccccc1. The molecule has 0 aliphatic carbocycles. The van der Waals surface area contributed by atoms with Gasteiger partial charge in [0.15, 0.2) is 0 Å². The van der Waals surface area contributed by atoms with Crippen molar-refractivity contribution < 1.29 is 19.1 Å². The molecule has 2 aromatic carbocycles. The molecule has 0 N–H and O–H groups in total. The van der Waals surface area contributed by atoms with E-state index < -0.39 is 5.97 Å². The summed E-state index contributed by atoms with van der Waals surface area (Å²) < 4.78 is 10.2. The molecule has 4 nitrogen and oxygen atoms in total. The Bertz CT molecular complexity index is 720. The largest absolute Gasteiger partial charge is 0.466 e. The molecule has 0 amide bonds. The molecule has 0 bridgehead atoms. The molecular weight excluding hydrogens is 316 g/mol. The van der Waals surface area contributed by atoms with E-state index >= 15 is 0 Å². The highest BCUT2D eigenvalue weighted by atomic mass is 16.5. The number of carbonyl (C=O) groups excluding carboxylic acids is 2. The first kappa shape index (κ1) is 18.5. The Morgan fingerprint density at radius 3 is 2.44 bits per heavy atom. The van der Waals surface area contributed by atoms with Crippen molar-refractivity contribution in [3.8, 4) is 0 Å². The molecule has 25 heavy (non-hydrogen) atoms. The lowest BCUT2D eigenvalue weighted by Gasteiger charge is -2.06. The number of benzene rings is 2. The number of hydrogen-bond acceptors (Lipinski definition) is 4. The summed E-state index contributed by atoms with van der Waals surface area (Å²) in [6.45, 7) is 2.41. The maximum atomic E-state index is 11.9. The summed E-state index contributed by atoms with van der Waals surface area (Å²) in [5.74, 6) is -0.618. The van der Waals surface area contributed by atoms with E-state index in [1.807, 2.05) is 54.6 Å². The number of rotatable bonds is 8. The highest BCUT2D eigenvalue weighted by Gasteiger charge is 2.06. The van der Waals surface area contributed by atoms with Crippen molar-refractivity contribution in [2.24, 2.45) is 0 Å². The molecule has 0 heterocycles. The summed E-state index contributed by atoms with van der Waals surface area (Å²) in [5.41, 5.74) is 2.82. The summed E-state index contributed by atoms with van der Waals surface area (Å²) >= 11 is 0. The average molecular weight is 338 g/mol. The standard InChI is InChI=1S/C21H22O4/c1-2-24-20(22)14-12-18-10-6-7-11-19(18)13-15-21(23)25-16-17-8-4-3-5-9-17/h3-11,13,15H,2,12,14,16H2,1H3/b15-13+. The Kier molecular flexibility index (Phi) is 7.44. The zero-order valence-electron chi connectivity index (χ0n) is 14.3. The lowest BCUT2D eigenvalue weighted by Crippen LogP contribution is -2.05. The number of carbonyl (C=O) groups is 2. The predicted molar refractivity (Wildman–Crippen MR) is 96.7 cm³/mol. The lowest BCUT2D eigenvalue weighted by atomic mass is 10.0. The molecule has 0 fully saturated rings. The molecule has 0 atom stereocenters. The third-order valence-corrected chi connectivity index (χ3v) is 3.58. The van der Waals surface area contributed by atoms with Gasteiger partial charge in [0, 0.05) is 12.5 Å². The van der Waals surface area contributed by atoms with Gasteiger partial charge in [0.25, 0.3) is 0 Å². The lowest BCUT2D eigenvalue weighted by molar-refractivity contribution is -0.143. The van der Waals surface area contributed by atoms with E-state index in [2.05, 4.69) is 0 Å². The molecule has 0 radical (unpaired) electrons. The van der Waals surface area contributed by atoms with Crippen molar-refractivity contribution in [1.82, 2.24) is 0 Å². The van der Waals surface area contributed by atoms with Gasteiger partial charge in [0.1, 0.15) is 6.61 Å². The van der Waals surface area contributed by atoms with Crippen molar-refractivity contribution in [3.63, 3.8) is 0 Å². The van der Waals surface area contributed by atoms with Gasteiger partial charge in [0.05, 0.1) is 6.61 Å². The highest BCUT2D eigenvalue weighted by molar-refractivity contribution is 5.87. The van der Waals surface area contributed by atoms with Gasteiger partial charge < -0.3 is 9.47 Å². The molecule has 2 rings (SSSR count). The van der Waals surface area contributed by atoms with Crippen LogP contribution in [0.25, 0.3) is 6.08 Å². The van der Waals surface area contributed by atoms with Crippen LogP contribution in [0, 0.1) is 0 Å². The second kappa shape index (κ2) is 10.1. The first-order valence-electron chi connectivity index (χ1n) is 8.31. The Morgan fingerprint density at radius 2 is 1.68 bits per heavy atom. The van der Waals surface area contributed by atoms with E-state index in [9.17, 15) is 9.59 Å². The van der Waals surface area contributed by atoms with E-state index in [4.69, 9.17) is 9.47 Å². The first-order valence-corrected chi connectivity index (χ1v) is 8.31. The minimum atomic E-state index is -0.399. The monoisotopic (exact) mass is 338 g/mol. The molecule has 0 spiro atoms. The summed E-state index contributed by atoms with van der Waals surface area (Å²) in [7, 11) is 0. The van der Waals surface area contributed by atoms with Crippen LogP contribution in [0.15, 0.2) is 60.7 Å². The fraction of sp³-hybridized carbons (Fsp3) is 0.238. The van der Waals surface area contributed by atoms with Crippen LogP contribution in [0.1, 0.15) is 30.0 Å². The molecule has 0 aliphatic rings. The normalized spacial score (nSPS) is 10.6. The smallest absolute Gasteiger partial charge is 0.331 e. The van der Waals surface area contributed by atoms with Gasteiger partial charge in [-0.15, -0.1) is 0 Å². The van der Waals surface area contributed by atoms with Crippen LogP contribution in [0.3, 0.4) is 0 Å². The van der Waals surface area contributed by atoms with Crippen LogP contribution in [0.2, 0.25) is 0 Å². The van der Waals surface area contributed by atoms with Crippen molar-refractivity contribution in [2.75, 3.05) is 6.61 Å². The molecule has 0 saturated carbocycles. The van der Waals surface area contributed by atoms with Gasteiger partial charge in [-0.05, 0) is 36.1 Å². The van der Waals surface area contributed by atoms with Crippen LogP contribution >= 0.6 is 0 Å². The Labute approximate surface area is 148 Å². The van der Waals surface area contributed by atoms with Crippen molar-refractivity contribution >= 4 is 18.0 Å². The van der Waals surface area contributed by atoms with Crippen molar-refractivity contribution in [1.29, 1.82) is 0 Å². The number of ether oxygens (including phenoxy) is 2. The quantitative estimate of drug-likeness (QED) is 0.540. The van der Waals surface area contributed by atoms with Gasteiger partial charge in [-0.3, -0.25) is 4.79 Å². The third kappa shape index (κ3) is 6.63. The van der Waals surface area contributed by atoms with E-state index in [-0.39, 0.29) is 12.6 Å². The van der Waals surface area contributed by atoms with Gasteiger partial charge in [-0.1, -0.05) is 54.6 Å². The van der Waals surface area contributed by atoms with E-state index in [1.165, 1.54) is 6.08 Å². The van der Waals surface area contributed by atoms with Crippen molar-refractivity contribution in [3.05, 3.63) is 77.4 Å². The minimum absolute atomic E-state index is 0.219. The van der Waals surface area contributed by atoms with Gasteiger partial charge >= 0.3 is 11.9 Å². The Morgan fingerprint density at radius 1 is 0.960 bits per heavy atom. The number of hydrogen-bond donors (Lipinski definition) is 0. The van der Waals surface area contributed by atoms with Gasteiger partial charge in [-0.25, -0.2) is 4.79 Å². The van der Waals surface area contributed by atoms with Gasteiger partial charge in [-0.2, -0.15) is 0 Å². The van der Waals surface area contributed by atoms with E-state index in [1.54, 1.807) is 13.0 Å². The molecule has 0 aromatic heterocycles. The maximum Gasteiger partial charge on any atom is 0.331 e. The van der Waals surface area contributed by atoms with Crippen LogP contribution in [0.5, 0.6) is 0 Å². The van der Waals surface area contributed by atoms with Crippen LogP contribution < -0.4 is 0 Å². The topological polar surface area (TPSA) is 52.6 Å². The molecule has 2 aromatic rings. The first-order chi connectivity index (χ1) is 12.2. The molecule has 130 valence electrons. The van der Waals surface area contributed by atoms with Crippen LogP contribution in [-0.2, 0) is 32.1 Å². The zero-order chi connectivity index (χ0) is 17.9. The third-order valence-electron chi connectivity index (χ3n) is 3.58. The molecular formula is C21H22O4. The average Bonchev–Trinajstić information content (AvgIpc) is 2.64. The summed E-state index contributed by atoms with van der Waals surface area (Å²) in [6, 6.07) is 17.2. The fourth-order valence-electron chi connectivity index (χ4n) is 2.33. The number of aryl methyl sites for hydroxylation is 1. The molecule has 0 unspecified atom stereocenters. The van der Waals surface area contributed by atoms with E-state index in [0.29, 0.717) is 19.4 Å². The second-order valence-corrected chi connectivity index (χ2v) is 5.43. The Balaban J connectivity index is 1.91.